The molecule has 1 heterocycles. The molecule has 156 valence electrons. The first kappa shape index (κ1) is 19.2. The van der Waals surface area contributed by atoms with Crippen molar-refractivity contribution in [3.63, 3.8) is 0 Å². The number of carboxylic acids is 1. The van der Waals surface area contributed by atoms with Crippen molar-refractivity contribution in [2.75, 3.05) is 13.2 Å². The lowest BCUT2D eigenvalue weighted by Gasteiger charge is -2.31. The molecule has 1 aliphatic heterocycles. The summed E-state index contributed by atoms with van der Waals surface area (Å²) in [4.78, 5) is 24.4. The highest BCUT2D eigenvalue weighted by atomic mass is 16.5. The normalized spacial score (nSPS) is 18.8. The van der Waals surface area contributed by atoms with Gasteiger partial charge < -0.3 is 19.9 Å². The molecule has 3 aromatic rings. The van der Waals surface area contributed by atoms with Crippen molar-refractivity contribution in [1.82, 2.24) is 5.32 Å². The second-order valence-corrected chi connectivity index (χ2v) is 7.74. The lowest BCUT2D eigenvalue weighted by molar-refractivity contribution is -0.144. The summed E-state index contributed by atoms with van der Waals surface area (Å²) in [5, 5.41) is 12.4. The summed E-state index contributed by atoms with van der Waals surface area (Å²) in [5.74, 6) is -1.41. The Morgan fingerprint density at radius 3 is 2.13 bits per heavy atom. The molecular formula is C25H21NO5. The van der Waals surface area contributed by atoms with Crippen molar-refractivity contribution >= 4 is 12.1 Å². The molecule has 5 rings (SSSR count). The van der Waals surface area contributed by atoms with Crippen LogP contribution in [0.3, 0.4) is 0 Å². The van der Waals surface area contributed by atoms with Crippen molar-refractivity contribution < 1.29 is 24.2 Å². The van der Waals surface area contributed by atoms with Crippen LogP contribution in [0.25, 0.3) is 11.1 Å². The second-order valence-electron chi connectivity index (χ2n) is 7.74. The number of hydrogen-bond donors (Lipinski definition) is 2. The Labute approximate surface area is 179 Å². The van der Waals surface area contributed by atoms with E-state index in [9.17, 15) is 14.7 Å². The first-order valence-electron chi connectivity index (χ1n) is 10.2. The van der Waals surface area contributed by atoms with E-state index in [4.69, 9.17) is 9.47 Å². The van der Waals surface area contributed by atoms with E-state index in [-0.39, 0.29) is 19.1 Å². The first-order chi connectivity index (χ1) is 15.1. The third kappa shape index (κ3) is 3.40. The molecule has 1 aliphatic carbocycles. The molecule has 0 saturated carbocycles. The third-order valence-electron chi connectivity index (χ3n) is 6.01. The highest BCUT2D eigenvalue weighted by Crippen LogP contribution is 2.44. The van der Waals surface area contributed by atoms with Gasteiger partial charge in [-0.25, -0.2) is 4.79 Å². The summed E-state index contributed by atoms with van der Waals surface area (Å²) >= 11 is 0. The molecule has 0 saturated heterocycles. The molecule has 2 atom stereocenters. The number of hydrogen-bond acceptors (Lipinski definition) is 4. The first-order valence-corrected chi connectivity index (χ1v) is 10.2. The molecule has 31 heavy (non-hydrogen) atoms. The topological polar surface area (TPSA) is 84.9 Å². The summed E-state index contributed by atoms with van der Waals surface area (Å²) < 4.78 is 11.2. The molecule has 0 bridgehead atoms. The fraction of sp³-hybridized carbons (Fsp3) is 0.200. The lowest BCUT2D eigenvalue weighted by atomic mass is 9.91. The molecular weight excluding hydrogens is 394 g/mol. The van der Waals surface area contributed by atoms with Gasteiger partial charge in [0.05, 0.1) is 6.04 Å². The van der Waals surface area contributed by atoms with E-state index >= 15 is 0 Å². The molecule has 2 aliphatic rings. The van der Waals surface area contributed by atoms with Crippen LogP contribution in [-0.4, -0.2) is 30.4 Å². The molecule has 2 N–H and O–H groups in total. The van der Waals surface area contributed by atoms with Crippen LogP contribution in [-0.2, 0) is 9.53 Å². The summed E-state index contributed by atoms with van der Waals surface area (Å²) in [7, 11) is 0. The van der Waals surface area contributed by atoms with Gasteiger partial charge in [0.15, 0.2) is 0 Å². The lowest BCUT2D eigenvalue weighted by Crippen LogP contribution is -2.42. The van der Waals surface area contributed by atoms with E-state index in [2.05, 4.69) is 29.6 Å². The fourth-order valence-corrected chi connectivity index (χ4v) is 4.52. The van der Waals surface area contributed by atoms with Gasteiger partial charge in [-0.3, -0.25) is 4.79 Å². The maximum Gasteiger partial charge on any atom is 0.407 e. The van der Waals surface area contributed by atoms with E-state index < -0.39 is 24.0 Å². The molecule has 0 fully saturated rings. The zero-order chi connectivity index (χ0) is 21.4. The van der Waals surface area contributed by atoms with Crippen molar-refractivity contribution in [1.29, 1.82) is 0 Å². The molecule has 0 aromatic heterocycles. The summed E-state index contributed by atoms with van der Waals surface area (Å²) in [6, 6.07) is 22.6. The van der Waals surface area contributed by atoms with Gasteiger partial charge in [-0.05, 0) is 28.3 Å². The average Bonchev–Trinajstić information content (AvgIpc) is 3.11. The number of carboxylic acid groups (broad SMARTS) is 1. The fourth-order valence-electron chi connectivity index (χ4n) is 4.52. The number of ether oxygens (including phenoxy) is 2. The zero-order valence-electron chi connectivity index (χ0n) is 16.7. The monoisotopic (exact) mass is 415 g/mol. The molecule has 0 spiro atoms. The number of fused-ring (bicyclic) bond motifs is 4. The Bertz CT molecular complexity index is 1110. The number of carbonyl (C=O) groups is 2. The molecule has 3 aromatic carbocycles. The van der Waals surface area contributed by atoms with Crippen LogP contribution in [0, 0.1) is 5.92 Å². The summed E-state index contributed by atoms with van der Waals surface area (Å²) in [6.07, 6.45) is -0.644. The molecule has 6 nitrogen and oxygen atoms in total. The van der Waals surface area contributed by atoms with Gasteiger partial charge in [-0.2, -0.15) is 0 Å². The number of para-hydroxylation sites is 1. The summed E-state index contributed by atoms with van der Waals surface area (Å²) in [6.45, 7) is 0.156. The SMILES string of the molecule is O=C(N[C@H]1c2ccccc2OC[C@H]1C(=O)O)OCC1c2ccccc2-c2ccccc21. The van der Waals surface area contributed by atoms with E-state index in [1.54, 1.807) is 18.2 Å². The number of benzene rings is 3. The van der Waals surface area contributed by atoms with Crippen LogP contribution >= 0.6 is 0 Å². The van der Waals surface area contributed by atoms with Gasteiger partial charge in [-0.1, -0.05) is 66.7 Å². The van der Waals surface area contributed by atoms with Crippen molar-refractivity contribution in [3.05, 3.63) is 89.5 Å². The Morgan fingerprint density at radius 1 is 0.903 bits per heavy atom. The van der Waals surface area contributed by atoms with Crippen molar-refractivity contribution in [2.24, 2.45) is 5.92 Å². The predicted octanol–water partition coefficient (Wildman–Crippen LogP) is 4.36. The zero-order valence-corrected chi connectivity index (χ0v) is 16.7. The number of aliphatic carboxylic acids is 1. The molecule has 0 unspecified atom stereocenters. The van der Waals surface area contributed by atoms with Crippen molar-refractivity contribution in [2.45, 2.75) is 12.0 Å². The van der Waals surface area contributed by atoms with Gasteiger partial charge in [0.1, 0.15) is 24.9 Å². The maximum atomic E-state index is 12.7. The van der Waals surface area contributed by atoms with E-state index in [1.807, 2.05) is 30.3 Å². The smallest absolute Gasteiger partial charge is 0.407 e. The number of rotatable bonds is 4. The largest absolute Gasteiger partial charge is 0.492 e. The highest BCUT2D eigenvalue weighted by molar-refractivity contribution is 5.79. The average molecular weight is 415 g/mol. The van der Waals surface area contributed by atoms with Crippen LogP contribution in [0.15, 0.2) is 72.8 Å². The van der Waals surface area contributed by atoms with Gasteiger partial charge in [0.25, 0.3) is 0 Å². The van der Waals surface area contributed by atoms with Crippen LogP contribution in [0.2, 0.25) is 0 Å². The van der Waals surface area contributed by atoms with Crippen LogP contribution in [0.5, 0.6) is 5.75 Å². The quantitative estimate of drug-likeness (QED) is 0.661. The molecule has 6 heteroatoms. The Kier molecular flexibility index (Phi) is 4.82. The number of nitrogens with one attached hydrogen (secondary N) is 1. The van der Waals surface area contributed by atoms with Gasteiger partial charge >= 0.3 is 12.1 Å². The van der Waals surface area contributed by atoms with Gasteiger partial charge in [0.2, 0.25) is 0 Å². The van der Waals surface area contributed by atoms with E-state index in [0.717, 1.165) is 22.3 Å². The third-order valence-corrected chi connectivity index (χ3v) is 6.01. The number of carbonyl (C=O) groups excluding carboxylic acids is 1. The Balaban J connectivity index is 1.34. The highest BCUT2D eigenvalue weighted by Gasteiger charge is 2.37. The predicted molar refractivity (Wildman–Crippen MR) is 114 cm³/mol. The maximum absolute atomic E-state index is 12.7. The van der Waals surface area contributed by atoms with Crippen LogP contribution in [0.1, 0.15) is 28.7 Å². The van der Waals surface area contributed by atoms with E-state index in [0.29, 0.717) is 11.3 Å². The molecule has 1 amide bonds. The van der Waals surface area contributed by atoms with E-state index in [1.165, 1.54) is 0 Å². The van der Waals surface area contributed by atoms with Crippen LogP contribution < -0.4 is 10.1 Å². The minimum Gasteiger partial charge on any atom is -0.492 e. The molecule has 0 radical (unpaired) electrons. The Morgan fingerprint density at radius 2 is 1.48 bits per heavy atom. The standard InChI is InChI=1S/C25H21NO5/c27-24(28)21-14-30-22-12-6-5-11-19(22)23(21)26-25(29)31-13-20-17-9-3-1-7-15(17)16-8-2-4-10-18(16)20/h1-12,20-21,23H,13-14H2,(H,26,29)(H,27,28)/t21-,23+/m1/s1. The number of alkyl carbamates (subject to hydrolysis) is 1. The van der Waals surface area contributed by atoms with Crippen LogP contribution in [0.4, 0.5) is 4.79 Å². The minimum absolute atomic E-state index is 0.0132. The summed E-state index contributed by atoms with van der Waals surface area (Å²) in [5.41, 5.74) is 5.18. The van der Waals surface area contributed by atoms with Crippen molar-refractivity contribution in [3.8, 4) is 16.9 Å². The van der Waals surface area contributed by atoms with Gasteiger partial charge in [-0.15, -0.1) is 0 Å². The minimum atomic E-state index is -1.03. The number of amides is 1. The second kappa shape index (κ2) is 7.80. The van der Waals surface area contributed by atoms with Gasteiger partial charge in [0, 0.05) is 11.5 Å². The Hall–Kier alpha value is -3.80.